The Hall–Kier alpha value is -1.33. The SMILES string of the molecule is O=C(NC1CC1)c1ccccc1SCc1cscn1. The fourth-order valence-corrected chi connectivity index (χ4v) is 3.35. The van der Waals surface area contributed by atoms with E-state index in [9.17, 15) is 4.79 Å². The maximum absolute atomic E-state index is 12.1. The van der Waals surface area contributed by atoms with Crippen molar-refractivity contribution in [2.45, 2.75) is 29.5 Å². The molecule has 1 N–H and O–H groups in total. The molecule has 98 valence electrons. The average Bonchev–Trinajstić information content (AvgIpc) is 3.09. The number of nitrogens with one attached hydrogen (secondary N) is 1. The molecule has 1 heterocycles. The van der Waals surface area contributed by atoms with Gasteiger partial charge in [-0.05, 0) is 25.0 Å². The van der Waals surface area contributed by atoms with Crippen LogP contribution in [0.2, 0.25) is 0 Å². The minimum atomic E-state index is 0.0453. The van der Waals surface area contributed by atoms with Gasteiger partial charge in [-0.1, -0.05) is 12.1 Å². The van der Waals surface area contributed by atoms with Crippen molar-refractivity contribution in [3.05, 3.63) is 46.4 Å². The minimum Gasteiger partial charge on any atom is -0.349 e. The van der Waals surface area contributed by atoms with Crippen LogP contribution in [0.25, 0.3) is 0 Å². The van der Waals surface area contributed by atoms with Crippen LogP contribution < -0.4 is 5.32 Å². The summed E-state index contributed by atoms with van der Waals surface area (Å²) < 4.78 is 0. The first kappa shape index (κ1) is 12.7. The molecule has 0 saturated heterocycles. The third-order valence-electron chi connectivity index (χ3n) is 2.90. The van der Waals surface area contributed by atoms with E-state index in [0.29, 0.717) is 6.04 Å². The predicted molar refractivity (Wildman–Crippen MR) is 78.6 cm³/mol. The molecule has 0 atom stereocenters. The molecule has 0 spiro atoms. The van der Waals surface area contributed by atoms with E-state index in [-0.39, 0.29) is 5.91 Å². The summed E-state index contributed by atoms with van der Waals surface area (Å²) in [5.41, 5.74) is 3.67. The summed E-state index contributed by atoms with van der Waals surface area (Å²) in [4.78, 5) is 17.4. The van der Waals surface area contributed by atoms with E-state index < -0.39 is 0 Å². The monoisotopic (exact) mass is 290 g/mol. The summed E-state index contributed by atoms with van der Waals surface area (Å²) in [6.07, 6.45) is 2.22. The predicted octanol–water partition coefficient (Wildman–Crippen LogP) is 3.33. The smallest absolute Gasteiger partial charge is 0.252 e. The van der Waals surface area contributed by atoms with Gasteiger partial charge in [-0.25, -0.2) is 4.98 Å². The Morgan fingerprint density at radius 3 is 3.00 bits per heavy atom. The average molecular weight is 290 g/mol. The number of carbonyl (C=O) groups excluding carboxylic acids is 1. The van der Waals surface area contributed by atoms with E-state index in [1.807, 2.05) is 35.2 Å². The standard InChI is InChI=1S/C14H14N2OS2/c17-14(16-10-5-6-10)12-3-1-2-4-13(12)19-8-11-7-18-9-15-11/h1-4,7,9-10H,5-6,8H2,(H,16,17). The molecule has 19 heavy (non-hydrogen) atoms. The van der Waals surface area contributed by atoms with Gasteiger partial charge in [-0.2, -0.15) is 0 Å². The van der Waals surface area contributed by atoms with Gasteiger partial charge < -0.3 is 5.32 Å². The van der Waals surface area contributed by atoms with Gasteiger partial charge in [0.15, 0.2) is 0 Å². The lowest BCUT2D eigenvalue weighted by molar-refractivity contribution is 0.0948. The molecule has 1 aliphatic carbocycles. The zero-order valence-corrected chi connectivity index (χ0v) is 12.0. The number of hydrogen-bond acceptors (Lipinski definition) is 4. The first-order valence-electron chi connectivity index (χ1n) is 6.22. The topological polar surface area (TPSA) is 42.0 Å². The van der Waals surface area contributed by atoms with Gasteiger partial charge in [-0.3, -0.25) is 4.79 Å². The number of nitrogens with zero attached hydrogens (tertiary/aromatic N) is 1. The summed E-state index contributed by atoms with van der Waals surface area (Å²) in [5, 5.41) is 5.08. The summed E-state index contributed by atoms with van der Waals surface area (Å²) >= 11 is 3.26. The molecule has 0 bridgehead atoms. The molecule has 1 aliphatic rings. The second-order valence-electron chi connectivity index (χ2n) is 4.51. The van der Waals surface area contributed by atoms with E-state index in [1.165, 1.54) is 0 Å². The van der Waals surface area contributed by atoms with Crippen LogP contribution in [0.5, 0.6) is 0 Å². The van der Waals surface area contributed by atoms with Crippen molar-refractivity contribution in [1.29, 1.82) is 0 Å². The van der Waals surface area contributed by atoms with Gasteiger partial charge in [-0.15, -0.1) is 23.1 Å². The fourth-order valence-electron chi connectivity index (χ4n) is 1.73. The molecule has 2 aromatic rings. The molecule has 0 aliphatic heterocycles. The lowest BCUT2D eigenvalue weighted by atomic mass is 10.2. The number of hydrogen-bond donors (Lipinski definition) is 1. The van der Waals surface area contributed by atoms with E-state index in [2.05, 4.69) is 10.3 Å². The highest BCUT2D eigenvalue weighted by atomic mass is 32.2. The Morgan fingerprint density at radius 2 is 2.26 bits per heavy atom. The molecule has 0 radical (unpaired) electrons. The van der Waals surface area contributed by atoms with Gasteiger partial charge in [0.25, 0.3) is 5.91 Å². The highest BCUT2D eigenvalue weighted by Gasteiger charge is 2.24. The second-order valence-corrected chi connectivity index (χ2v) is 6.25. The Balaban J connectivity index is 1.70. The van der Waals surface area contributed by atoms with E-state index in [4.69, 9.17) is 0 Å². The van der Waals surface area contributed by atoms with Gasteiger partial charge in [0.1, 0.15) is 0 Å². The first-order valence-corrected chi connectivity index (χ1v) is 8.15. The van der Waals surface area contributed by atoms with Gasteiger partial charge >= 0.3 is 0 Å². The molecule has 1 aromatic heterocycles. The third-order valence-corrected chi connectivity index (χ3v) is 4.65. The lowest BCUT2D eigenvalue weighted by Crippen LogP contribution is -2.25. The molecule has 1 fully saturated rings. The lowest BCUT2D eigenvalue weighted by Gasteiger charge is -2.08. The van der Waals surface area contributed by atoms with Crippen LogP contribution in [0.15, 0.2) is 40.1 Å². The first-order chi connectivity index (χ1) is 9.33. The Kier molecular flexibility index (Phi) is 3.84. The summed E-state index contributed by atoms with van der Waals surface area (Å²) in [5.74, 6) is 0.848. The Morgan fingerprint density at radius 1 is 1.42 bits per heavy atom. The van der Waals surface area contributed by atoms with Crippen LogP contribution in [0.4, 0.5) is 0 Å². The normalized spacial score (nSPS) is 14.3. The maximum Gasteiger partial charge on any atom is 0.252 e. The fraction of sp³-hybridized carbons (Fsp3) is 0.286. The van der Waals surface area contributed by atoms with Gasteiger partial charge in [0.05, 0.1) is 16.8 Å². The van der Waals surface area contributed by atoms with Gasteiger partial charge in [0, 0.05) is 22.1 Å². The third kappa shape index (κ3) is 3.36. The number of carbonyl (C=O) groups is 1. The minimum absolute atomic E-state index is 0.0453. The van der Waals surface area contributed by atoms with Crippen molar-refractivity contribution < 1.29 is 4.79 Å². The number of benzene rings is 1. The summed E-state index contributed by atoms with van der Waals surface area (Å²) in [6, 6.07) is 8.16. The molecule has 1 saturated carbocycles. The number of amides is 1. The van der Waals surface area contributed by atoms with Crippen LogP contribution in [0, 0.1) is 0 Å². The molecular weight excluding hydrogens is 276 g/mol. The van der Waals surface area contributed by atoms with E-state index in [1.54, 1.807) is 23.1 Å². The van der Waals surface area contributed by atoms with Crippen LogP contribution in [-0.4, -0.2) is 16.9 Å². The Bertz CT molecular complexity index is 565. The zero-order chi connectivity index (χ0) is 13.1. The quantitative estimate of drug-likeness (QED) is 0.859. The zero-order valence-electron chi connectivity index (χ0n) is 10.3. The number of thioether (sulfide) groups is 1. The highest BCUT2D eigenvalue weighted by Crippen LogP contribution is 2.27. The maximum atomic E-state index is 12.1. The van der Waals surface area contributed by atoms with Crippen LogP contribution in [-0.2, 0) is 5.75 Å². The Labute approximate surface area is 120 Å². The van der Waals surface area contributed by atoms with Crippen molar-refractivity contribution in [3.63, 3.8) is 0 Å². The van der Waals surface area contributed by atoms with Crippen LogP contribution in [0.3, 0.4) is 0 Å². The molecule has 5 heteroatoms. The van der Waals surface area contributed by atoms with Crippen molar-refractivity contribution in [3.8, 4) is 0 Å². The van der Waals surface area contributed by atoms with Crippen LogP contribution >= 0.6 is 23.1 Å². The number of aromatic nitrogens is 1. The molecule has 0 unspecified atom stereocenters. The summed E-state index contributed by atoms with van der Waals surface area (Å²) in [7, 11) is 0. The van der Waals surface area contributed by atoms with E-state index in [0.717, 1.165) is 34.7 Å². The second kappa shape index (κ2) is 5.75. The van der Waals surface area contributed by atoms with Gasteiger partial charge in [0.2, 0.25) is 0 Å². The number of thiazole rings is 1. The summed E-state index contributed by atoms with van der Waals surface area (Å²) in [6.45, 7) is 0. The molecule has 3 nitrogen and oxygen atoms in total. The van der Waals surface area contributed by atoms with Crippen molar-refractivity contribution in [2.75, 3.05) is 0 Å². The molecular formula is C14H14N2OS2. The van der Waals surface area contributed by atoms with Crippen molar-refractivity contribution in [1.82, 2.24) is 10.3 Å². The molecule has 1 aromatic carbocycles. The largest absolute Gasteiger partial charge is 0.349 e. The van der Waals surface area contributed by atoms with E-state index >= 15 is 0 Å². The molecule has 3 rings (SSSR count). The highest BCUT2D eigenvalue weighted by molar-refractivity contribution is 7.98. The van der Waals surface area contributed by atoms with Crippen molar-refractivity contribution >= 4 is 29.0 Å². The van der Waals surface area contributed by atoms with Crippen LogP contribution in [0.1, 0.15) is 28.9 Å². The van der Waals surface area contributed by atoms with Crippen molar-refractivity contribution in [2.24, 2.45) is 0 Å². The number of rotatable bonds is 5. The molecule has 1 amide bonds.